The molecule has 0 saturated heterocycles. The molecule has 1 saturated carbocycles. The van der Waals surface area contributed by atoms with Crippen LogP contribution in [0.4, 0.5) is 0 Å². The van der Waals surface area contributed by atoms with Crippen molar-refractivity contribution >= 4 is 11.6 Å². The topological polar surface area (TPSA) is 38.5 Å². The van der Waals surface area contributed by atoms with Gasteiger partial charge in [-0.05, 0) is 37.9 Å². The molecule has 1 aliphatic carbocycles. The number of rotatable bonds is 7. The molecule has 4 heteroatoms. The lowest BCUT2D eigenvalue weighted by Gasteiger charge is -2.32. The summed E-state index contributed by atoms with van der Waals surface area (Å²) < 4.78 is 5.47. The standard InChI is InChI=1S/C15H23ClN2O/c1-3-9-18(11-7-8-11)13(10-17)15-12(16)5-4-6-14(15)19-2/h4-6,11,13H,3,7-10,17H2,1-2H3. The summed E-state index contributed by atoms with van der Waals surface area (Å²) in [5.41, 5.74) is 7.07. The first kappa shape index (κ1) is 14.6. The Bertz CT molecular complexity index is 421. The van der Waals surface area contributed by atoms with E-state index in [9.17, 15) is 0 Å². The lowest BCUT2D eigenvalue weighted by Crippen LogP contribution is -2.36. The van der Waals surface area contributed by atoms with Crippen molar-refractivity contribution in [3.63, 3.8) is 0 Å². The van der Waals surface area contributed by atoms with Crippen molar-refractivity contribution in [2.24, 2.45) is 5.73 Å². The molecular weight excluding hydrogens is 260 g/mol. The van der Waals surface area contributed by atoms with Crippen LogP contribution in [-0.4, -0.2) is 31.1 Å². The Balaban J connectivity index is 2.34. The van der Waals surface area contributed by atoms with Gasteiger partial charge >= 0.3 is 0 Å². The monoisotopic (exact) mass is 282 g/mol. The van der Waals surface area contributed by atoms with E-state index in [0.29, 0.717) is 12.6 Å². The molecule has 2 N–H and O–H groups in total. The number of halogens is 1. The van der Waals surface area contributed by atoms with Crippen LogP contribution in [0.15, 0.2) is 18.2 Å². The molecule has 0 aliphatic heterocycles. The van der Waals surface area contributed by atoms with Crippen molar-refractivity contribution in [1.82, 2.24) is 4.90 Å². The fourth-order valence-corrected chi connectivity index (χ4v) is 2.99. The second kappa shape index (κ2) is 6.60. The third-order valence-corrected chi connectivity index (χ3v) is 4.02. The van der Waals surface area contributed by atoms with Gasteiger partial charge in [-0.2, -0.15) is 0 Å². The predicted molar refractivity (Wildman–Crippen MR) is 79.8 cm³/mol. The number of benzene rings is 1. The molecule has 0 aromatic heterocycles. The summed E-state index contributed by atoms with van der Waals surface area (Å²) in [4.78, 5) is 2.49. The van der Waals surface area contributed by atoms with Crippen LogP contribution in [0.1, 0.15) is 37.8 Å². The zero-order valence-corrected chi connectivity index (χ0v) is 12.5. The fourth-order valence-electron chi connectivity index (χ4n) is 2.69. The van der Waals surface area contributed by atoms with E-state index in [2.05, 4.69) is 11.8 Å². The van der Waals surface area contributed by atoms with E-state index < -0.39 is 0 Å². The highest BCUT2D eigenvalue weighted by atomic mass is 35.5. The highest BCUT2D eigenvalue weighted by Gasteiger charge is 2.35. The van der Waals surface area contributed by atoms with Crippen LogP contribution in [-0.2, 0) is 0 Å². The smallest absolute Gasteiger partial charge is 0.125 e. The third kappa shape index (κ3) is 3.22. The van der Waals surface area contributed by atoms with Crippen LogP contribution < -0.4 is 10.5 Å². The molecule has 0 heterocycles. The molecular formula is C15H23ClN2O. The quantitative estimate of drug-likeness (QED) is 0.834. The molecule has 1 unspecified atom stereocenters. The van der Waals surface area contributed by atoms with E-state index in [1.807, 2.05) is 18.2 Å². The van der Waals surface area contributed by atoms with Crippen molar-refractivity contribution in [2.75, 3.05) is 20.2 Å². The maximum Gasteiger partial charge on any atom is 0.125 e. The van der Waals surface area contributed by atoms with Gasteiger partial charge in [-0.3, -0.25) is 4.90 Å². The van der Waals surface area contributed by atoms with Gasteiger partial charge in [0.2, 0.25) is 0 Å². The molecule has 1 aromatic rings. The predicted octanol–water partition coefficient (Wildman–Crippen LogP) is 3.22. The van der Waals surface area contributed by atoms with Crippen molar-refractivity contribution in [3.05, 3.63) is 28.8 Å². The highest BCUT2D eigenvalue weighted by Crippen LogP contribution is 2.40. The number of methoxy groups -OCH3 is 1. The van der Waals surface area contributed by atoms with Gasteiger partial charge in [-0.25, -0.2) is 0 Å². The lowest BCUT2D eigenvalue weighted by atomic mass is 10.0. The summed E-state index contributed by atoms with van der Waals surface area (Å²) >= 11 is 6.39. The fraction of sp³-hybridized carbons (Fsp3) is 0.600. The Morgan fingerprint density at radius 1 is 1.47 bits per heavy atom. The third-order valence-electron chi connectivity index (χ3n) is 3.69. The minimum absolute atomic E-state index is 0.149. The van der Waals surface area contributed by atoms with Crippen LogP contribution in [0.5, 0.6) is 5.75 Å². The van der Waals surface area contributed by atoms with E-state index >= 15 is 0 Å². The van der Waals surface area contributed by atoms with Gasteiger partial charge in [0.05, 0.1) is 13.2 Å². The van der Waals surface area contributed by atoms with Crippen LogP contribution in [0.2, 0.25) is 5.02 Å². The van der Waals surface area contributed by atoms with Gasteiger partial charge < -0.3 is 10.5 Å². The molecule has 0 radical (unpaired) electrons. The molecule has 1 atom stereocenters. The summed E-state index contributed by atoms with van der Waals surface area (Å²) in [6.07, 6.45) is 3.66. The minimum atomic E-state index is 0.149. The number of hydrogen-bond acceptors (Lipinski definition) is 3. The summed E-state index contributed by atoms with van der Waals surface area (Å²) in [6.45, 7) is 3.82. The lowest BCUT2D eigenvalue weighted by molar-refractivity contribution is 0.188. The zero-order chi connectivity index (χ0) is 13.8. The summed E-state index contributed by atoms with van der Waals surface area (Å²) in [6, 6.07) is 6.60. The molecule has 2 rings (SSSR count). The first-order chi connectivity index (χ1) is 9.22. The molecule has 1 fully saturated rings. The molecule has 1 aromatic carbocycles. The first-order valence-electron chi connectivity index (χ1n) is 7.01. The Hall–Kier alpha value is -0.770. The van der Waals surface area contributed by atoms with Crippen molar-refractivity contribution < 1.29 is 4.74 Å². The molecule has 0 bridgehead atoms. The van der Waals surface area contributed by atoms with Crippen molar-refractivity contribution in [3.8, 4) is 5.75 Å². The van der Waals surface area contributed by atoms with Gasteiger partial charge in [0, 0.05) is 23.2 Å². The summed E-state index contributed by atoms with van der Waals surface area (Å²) in [5.74, 6) is 0.838. The van der Waals surface area contributed by atoms with Gasteiger partial charge in [0.15, 0.2) is 0 Å². The number of nitrogens with zero attached hydrogens (tertiary/aromatic N) is 1. The number of ether oxygens (including phenoxy) is 1. The summed E-state index contributed by atoms with van der Waals surface area (Å²) in [7, 11) is 1.68. The first-order valence-corrected chi connectivity index (χ1v) is 7.38. The van der Waals surface area contributed by atoms with Crippen LogP contribution >= 0.6 is 11.6 Å². The van der Waals surface area contributed by atoms with Crippen LogP contribution in [0.25, 0.3) is 0 Å². The van der Waals surface area contributed by atoms with E-state index in [0.717, 1.165) is 29.3 Å². The number of hydrogen-bond donors (Lipinski definition) is 1. The van der Waals surface area contributed by atoms with E-state index in [-0.39, 0.29) is 6.04 Å². The molecule has 106 valence electrons. The van der Waals surface area contributed by atoms with E-state index in [1.165, 1.54) is 12.8 Å². The van der Waals surface area contributed by atoms with Gasteiger partial charge in [-0.1, -0.05) is 24.6 Å². The Morgan fingerprint density at radius 3 is 2.74 bits per heavy atom. The van der Waals surface area contributed by atoms with Crippen molar-refractivity contribution in [2.45, 2.75) is 38.3 Å². The highest BCUT2D eigenvalue weighted by molar-refractivity contribution is 6.31. The van der Waals surface area contributed by atoms with Gasteiger partial charge in [0.1, 0.15) is 5.75 Å². The zero-order valence-electron chi connectivity index (χ0n) is 11.7. The average molecular weight is 283 g/mol. The SMILES string of the molecule is CCCN(C1CC1)C(CN)c1c(Cl)cccc1OC. The Labute approximate surface area is 120 Å². The molecule has 3 nitrogen and oxygen atoms in total. The maximum atomic E-state index is 6.39. The molecule has 0 amide bonds. The largest absolute Gasteiger partial charge is 0.496 e. The molecule has 19 heavy (non-hydrogen) atoms. The minimum Gasteiger partial charge on any atom is -0.496 e. The van der Waals surface area contributed by atoms with E-state index in [4.69, 9.17) is 22.1 Å². The second-order valence-electron chi connectivity index (χ2n) is 5.08. The van der Waals surface area contributed by atoms with E-state index in [1.54, 1.807) is 7.11 Å². The van der Waals surface area contributed by atoms with Crippen molar-refractivity contribution in [1.29, 1.82) is 0 Å². The Morgan fingerprint density at radius 2 is 2.21 bits per heavy atom. The van der Waals surface area contributed by atoms with Gasteiger partial charge in [-0.15, -0.1) is 0 Å². The Kier molecular flexibility index (Phi) is 5.08. The maximum absolute atomic E-state index is 6.39. The van der Waals surface area contributed by atoms with Gasteiger partial charge in [0.25, 0.3) is 0 Å². The molecule has 1 aliphatic rings. The second-order valence-corrected chi connectivity index (χ2v) is 5.48. The average Bonchev–Trinajstić information content (AvgIpc) is 3.24. The van der Waals surface area contributed by atoms with Crippen LogP contribution in [0, 0.1) is 0 Å². The summed E-state index contributed by atoms with van der Waals surface area (Å²) in [5, 5.41) is 0.747. The number of nitrogens with two attached hydrogens (primary N) is 1. The van der Waals surface area contributed by atoms with Crippen LogP contribution in [0.3, 0.4) is 0 Å². The normalized spacial score (nSPS) is 16.7. The molecule has 0 spiro atoms.